The third-order valence-electron chi connectivity index (χ3n) is 1.07. The van der Waals surface area contributed by atoms with Gasteiger partial charge >= 0.3 is 9.05 Å². The van der Waals surface area contributed by atoms with Crippen molar-refractivity contribution < 1.29 is 32.8 Å². The first kappa shape index (κ1) is 17.5. The molecule has 10 heteroatoms. The Hall–Kier alpha value is 0.517. The number of alkyl halides is 2. The van der Waals surface area contributed by atoms with Gasteiger partial charge in [0.15, 0.2) is 0 Å². The predicted octanol–water partition coefficient (Wildman–Crippen LogP) is 2.10. The Bertz CT molecular complexity index is 164. The van der Waals surface area contributed by atoms with E-state index >= 15 is 0 Å². The second-order valence-electron chi connectivity index (χ2n) is 2.35. The molecule has 0 heterocycles. The smallest absolute Gasteiger partial charge is 0.316 e. The Morgan fingerprint density at radius 2 is 1.18 bits per heavy atom. The van der Waals surface area contributed by atoms with Gasteiger partial charge in [-0.25, -0.2) is 14.7 Å². The van der Waals surface area contributed by atoms with Gasteiger partial charge in [0.1, 0.15) is 0 Å². The fraction of sp³-hybridized carbons (Fsp3) is 1.00. The molecule has 0 saturated heterocycles. The summed E-state index contributed by atoms with van der Waals surface area (Å²) in [6.45, 7) is 5.78. The van der Waals surface area contributed by atoms with E-state index in [1.54, 1.807) is 20.8 Å². The topological polar surface area (TPSA) is 64.6 Å². The normalized spacial score (nSPS) is 12.4. The van der Waals surface area contributed by atoms with Gasteiger partial charge in [-0.2, -0.15) is 13.7 Å². The molecule has 0 N–H and O–H groups in total. The van der Waals surface area contributed by atoms with Crippen molar-refractivity contribution in [2.24, 2.45) is 0 Å². The van der Waals surface area contributed by atoms with Crippen molar-refractivity contribution in [3.8, 4) is 0 Å². The molecular formula is C7H16Cl2O7Si. The molecule has 0 fully saturated rings. The Balaban J connectivity index is 4.51. The van der Waals surface area contributed by atoms with E-state index < -0.39 is 14.1 Å². The van der Waals surface area contributed by atoms with Crippen LogP contribution in [0.15, 0.2) is 0 Å². The van der Waals surface area contributed by atoms with Gasteiger partial charge in [0.05, 0.1) is 19.8 Å². The highest BCUT2D eigenvalue weighted by Crippen LogP contribution is 2.19. The summed E-state index contributed by atoms with van der Waals surface area (Å²) in [6, 6.07) is 0. The minimum absolute atomic E-state index is 0.234. The van der Waals surface area contributed by atoms with Crippen molar-refractivity contribution in [1.29, 1.82) is 0 Å². The molecule has 0 aliphatic rings. The van der Waals surface area contributed by atoms with Crippen LogP contribution in [0.4, 0.5) is 0 Å². The Morgan fingerprint density at radius 3 is 1.41 bits per heavy atom. The van der Waals surface area contributed by atoms with Crippen molar-refractivity contribution in [3.05, 3.63) is 0 Å². The van der Waals surface area contributed by atoms with Gasteiger partial charge in [-0.05, 0) is 20.8 Å². The lowest BCUT2D eigenvalue weighted by Crippen LogP contribution is -2.50. The average Bonchev–Trinajstić information content (AvgIpc) is 2.30. The maximum absolute atomic E-state index is 5.47. The summed E-state index contributed by atoms with van der Waals surface area (Å²) < 4.78 is 19.5. The minimum atomic E-state index is -3.85. The van der Waals surface area contributed by atoms with Gasteiger partial charge < -0.3 is 4.43 Å². The van der Waals surface area contributed by atoms with Crippen molar-refractivity contribution in [1.82, 2.24) is 0 Å². The second kappa shape index (κ2) is 10.4. The van der Waals surface area contributed by atoms with Crippen LogP contribution in [0.3, 0.4) is 0 Å². The van der Waals surface area contributed by atoms with E-state index in [1.165, 1.54) is 0 Å². The van der Waals surface area contributed by atoms with Crippen LogP contribution in [0.1, 0.15) is 20.8 Å². The summed E-state index contributed by atoms with van der Waals surface area (Å²) in [5.41, 5.74) is 0. The second-order valence-corrected chi connectivity index (χ2v) is 5.10. The molecular weight excluding hydrogens is 295 g/mol. The molecule has 0 radical (unpaired) electrons. The molecule has 7 nitrogen and oxygen atoms in total. The molecule has 0 rings (SSSR count). The first-order valence-electron chi connectivity index (χ1n) is 4.98. The summed E-state index contributed by atoms with van der Waals surface area (Å²) in [4.78, 5) is 14.1. The Morgan fingerprint density at radius 1 is 0.824 bits per heavy atom. The molecule has 0 aromatic heterocycles. The summed E-state index contributed by atoms with van der Waals surface area (Å²) >= 11 is 10.9. The average molecular weight is 311 g/mol. The summed E-state index contributed by atoms with van der Waals surface area (Å²) in [6.07, 6.45) is 0. The Kier molecular flexibility index (Phi) is 10.8. The molecule has 0 amide bonds. The van der Waals surface area contributed by atoms with E-state index in [9.17, 15) is 0 Å². The zero-order valence-electron chi connectivity index (χ0n) is 9.81. The number of rotatable bonds is 11. The van der Waals surface area contributed by atoms with E-state index in [2.05, 4.69) is 0 Å². The zero-order valence-corrected chi connectivity index (χ0v) is 12.3. The highest BCUT2D eigenvalue weighted by Gasteiger charge is 2.54. The quantitative estimate of drug-likeness (QED) is 0.250. The molecule has 0 aliphatic heterocycles. The van der Waals surface area contributed by atoms with Crippen molar-refractivity contribution in [3.63, 3.8) is 0 Å². The standard InChI is InChI=1S/C7H16Cl2O7Si/c1-4-10-14-17(13-7(8)9,15-11-5-2)16-12-6-3/h7H,4-6H2,1-3H3. The van der Waals surface area contributed by atoms with Crippen LogP contribution in [-0.4, -0.2) is 33.9 Å². The van der Waals surface area contributed by atoms with Gasteiger partial charge in [0.2, 0.25) is 5.02 Å². The lowest BCUT2D eigenvalue weighted by atomic mass is 10.9. The molecule has 0 aromatic rings. The fourth-order valence-corrected chi connectivity index (χ4v) is 2.46. The third kappa shape index (κ3) is 8.27. The first-order valence-corrected chi connectivity index (χ1v) is 7.48. The molecule has 0 spiro atoms. The van der Waals surface area contributed by atoms with Gasteiger partial charge in [0, 0.05) is 0 Å². The molecule has 0 atom stereocenters. The minimum Gasteiger partial charge on any atom is -0.316 e. The largest absolute Gasteiger partial charge is 0.766 e. The van der Waals surface area contributed by atoms with E-state index in [1.807, 2.05) is 0 Å². The van der Waals surface area contributed by atoms with Gasteiger partial charge in [0.25, 0.3) is 0 Å². The van der Waals surface area contributed by atoms with Crippen molar-refractivity contribution in [2.75, 3.05) is 19.8 Å². The molecule has 0 saturated carbocycles. The van der Waals surface area contributed by atoms with E-state index in [0.717, 1.165) is 0 Å². The highest BCUT2D eigenvalue weighted by atomic mass is 35.5. The highest BCUT2D eigenvalue weighted by molar-refractivity contribution is 6.55. The summed E-state index contributed by atoms with van der Waals surface area (Å²) in [7, 11) is -3.85. The number of halogens is 2. The monoisotopic (exact) mass is 310 g/mol. The summed E-state index contributed by atoms with van der Waals surface area (Å²) in [5.74, 6) is 0. The lowest BCUT2D eigenvalue weighted by molar-refractivity contribution is -0.385. The van der Waals surface area contributed by atoms with Crippen LogP contribution in [0.2, 0.25) is 0 Å². The molecule has 104 valence electrons. The molecule has 0 aliphatic carbocycles. The number of hydrogen-bond acceptors (Lipinski definition) is 7. The SMILES string of the molecule is CCOO[Si](OOCC)(OOCC)OC(Cl)Cl. The van der Waals surface area contributed by atoms with Gasteiger partial charge in [-0.15, -0.1) is 0 Å². The molecule has 17 heavy (non-hydrogen) atoms. The maximum Gasteiger partial charge on any atom is 0.766 e. The van der Waals surface area contributed by atoms with Crippen LogP contribution in [-0.2, 0) is 32.8 Å². The van der Waals surface area contributed by atoms with Crippen LogP contribution in [0, 0.1) is 0 Å². The van der Waals surface area contributed by atoms with E-state index in [-0.39, 0.29) is 19.8 Å². The Labute approximate surface area is 111 Å². The first-order chi connectivity index (χ1) is 8.10. The third-order valence-corrected chi connectivity index (χ3v) is 3.04. The summed E-state index contributed by atoms with van der Waals surface area (Å²) in [5, 5.41) is -1.25. The van der Waals surface area contributed by atoms with Crippen LogP contribution >= 0.6 is 23.2 Å². The van der Waals surface area contributed by atoms with Gasteiger partial charge in [-0.1, -0.05) is 23.2 Å². The lowest BCUT2D eigenvalue weighted by Gasteiger charge is -2.24. The van der Waals surface area contributed by atoms with Gasteiger partial charge in [-0.3, -0.25) is 0 Å². The predicted molar refractivity (Wildman–Crippen MR) is 60.5 cm³/mol. The molecule has 0 unspecified atom stereocenters. The maximum atomic E-state index is 5.47. The van der Waals surface area contributed by atoms with Crippen LogP contribution in [0.25, 0.3) is 0 Å². The van der Waals surface area contributed by atoms with E-state index in [4.69, 9.17) is 56.0 Å². The molecule has 0 aromatic carbocycles. The van der Waals surface area contributed by atoms with Crippen molar-refractivity contribution >= 4 is 32.2 Å². The molecule has 0 bridgehead atoms. The van der Waals surface area contributed by atoms with Crippen molar-refractivity contribution in [2.45, 2.75) is 25.8 Å². The zero-order chi connectivity index (χ0) is 13.1. The number of hydrogen-bond donors (Lipinski definition) is 0. The van der Waals surface area contributed by atoms with Crippen LogP contribution < -0.4 is 0 Å². The fourth-order valence-electron chi connectivity index (χ4n) is 0.603. The van der Waals surface area contributed by atoms with E-state index in [0.29, 0.717) is 0 Å². The van der Waals surface area contributed by atoms with Crippen LogP contribution in [0.5, 0.6) is 0 Å².